The maximum absolute atomic E-state index is 14.4. The summed E-state index contributed by atoms with van der Waals surface area (Å²) in [4.78, 5) is 0.195. The van der Waals surface area contributed by atoms with E-state index >= 15 is 0 Å². The summed E-state index contributed by atoms with van der Waals surface area (Å²) in [6.45, 7) is 5.10. The Bertz CT molecular complexity index is 583. The van der Waals surface area contributed by atoms with Crippen LogP contribution >= 0.6 is 0 Å². The van der Waals surface area contributed by atoms with Gasteiger partial charge in [-0.2, -0.15) is 4.31 Å². The lowest BCUT2D eigenvalue weighted by Crippen LogP contribution is -2.42. The highest BCUT2D eigenvalue weighted by atomic mass is 32.2. The van der Waals surface area contributed by atoms with Crippen molar-refractivity contribution in [2.24, 2.45) is 0 Å². The van der Waals surface area contributed by atoms with Crippen LogP contribution in [0.25, 0.3) is 0 Å². The summed E-state index contributed by atoms with van der Waals surface area (Å²) >= 11 is 0. The van der Waals surface area contributed by atoms with E-state index in [1.807, 2.05) is 13.8 Å². The van der Waals surface area contributed by atoms with Gasteiger partial charge in [0.1, 0.15) is 5.67 Å². The maximum atomic E-state index is 14.4. The van der Waals surface area contributed by atoms with E-state index in [0.717, 1.165) is 5.56 Å². The fraction of sp³-hybridized carbons (Fsp3) is 0.600. The standard InChI is InChI=1S/C15H22FNO3S/c1-4-13-9-17(10-15(3,16)11-20-13)21(18,19)14-7-5-12(2)6-8-14/h5-8,13H,4,9-11H2,1-3H3. The number of alkyl halides is 1. The second-order valence-electron chi connectivity index (χ2n) is 5.87. The average Bonchev–Trinajstić information content (AvgIpc) is 2.58. The normalized spacial score (nSPS) is 28.3. The number of hydrogen-bond donors (Lipinski definition) is 0. The van der Waals surface area contributed by atoms with Crippen molar-refractivity contribution in [3.63, 3.8) is 0 Å². The molecule has 0 aliphatic carbocycles. The summed E-state index contributed by atoms with van der Waals surface area (Å²) in [5.74, 6) is 0. The molecule has 21 heavy (non-hydrogen) atoms. The molecule has 0 amide bonds. The van der Waals surface area contributed by atoms with Gasteiger partial charge in [-0.1, -0.05) is 24.6 Å². The number of nitrogens with zero attached hydrogens (tertiary/aromatic N) is 1. The van der Waals surface area contributed by atoms with Gasteiger partial charge in [0.2, 0.25) is 10.0 Å². The fourth-order valence-corrected chi connectivity index (χ4v) is 3.92. The first-order valence-electron chi connectivity index (χ1n) is 7.12. The topological polar surface area (TPSA) is 46.6 Å². The SMILES string of the molecule is CCC1CN(S(=O)(=O)c2ccc(C)cc2)CC(C)(F)CO1. The highest BCUT2D eigenvalue weighted by Crippen LogP contribution is 2.25. The smallest absolute Gasteiger partial charge is 0.243 e. The minimum atomic E-state index is -3.70. The Morgan fingerprint density at radius 3 is 2.57 bits per heavy atom. The van der Waals surface area contributed by atoms with E-state index in [4.69, 9.17) is 4.74 Å². The third kappa shape index (κ3) is 3.81. The molecule has 2 rings (SSSR count). The van der Waals surface area contributed by atoms with Gasteiger partial charge < -0.3 is 4.74 Å². The van der Waals surface area contributed by atoms with E-state index in [1.165, 1.54) is 11.2 Å². The van der Waals surface area contributed by atoms with Crippen LogP contribution in [0.5, 0.6) is 0 Å². The van der Waals surface area contributed by atoms with Gasteiger partial charge in [0.05, 0.1) is 24.2 Å². The minimum Gasteiger partial charge on any atom is -0.373 e. The molecule has 0 bridgehead atoms. The number of halogens is 1. The van der Waals surface area contributed by atoms with Gasteiger partial charge in [0.15, 0.2) is 0 Å². The van der Waals surface area contributed by atoms with Crippen LogP contribution in [0, 0.1) is 6.92 Å². The van der Waals surface area contributed by atoms with Crippen molar-refractivity contribution < 1.29 is 17.5 Å². The summed E-state index contributed by atoms with van der Waals surface area (Å²) in [7, 11) is -3.70. The van der Waals surface area contributed by atoms with Crippen molar-refractivity contribution in [1.29, 1.82) is 0 Å². The zero-order valence-corrected chi connectivity index (χ0v) is 13.5. The third-order valence-corrected chi connectivity index (χ3v) is 5.47. The Balaban J connectivity index is 2.34. The molecular formula is C15H22FNO3S. The molecule has 0 N–H and O–H groups in total. The second kappa shape index (κ2) is 6.02. The van der Waals surface area contributed by atoms with Crippen LogP contribution in [0.2, 0.25) is 0 Å². The molecule has 1 aliphatic rings. The van der Waals surface area contributed by atoms with Gasteiger partial charge in [0.25, 0.3) is 0 Å². The first-order chi connectivity index (χ1) is 9.74. The van der Waals surface area contributed by atoms with Crippen LogP contribution < -0.4 is 0 Å². The predicted molar refractivity (Wildman–Crippen MR) is 79.5 cm³/mol. The number of benzene rings is 1. The van der Waals surface area contributed by atoms with Crippen molar-refractivity contribution in [1.82, 2.24) is 4.31 Å². The molecule has 0 radical (unpaired) electrons. The average molecular weight is 315 g/mol. The zero-order valence-electron chi connectivity index (χ0n) is 12.7. The molecule has 2 atom stereocenters. The molecule has 4 nitrogen and oxygen atoms in total. The van der Waals surface area contributed by atoms with E-state index < -0.39 is 15.7 Å². The largest absolute Gasteiger partial charge is 0.373 e. The third-order valence-electron chi connectivity index (χ3n) is 3.65. The van der Waals surface area contributed by atoms with Crippen LogP contribution in [0.4, 0.5) is 4.39 Å². The van der Waals surface area contributed by atoms with Crippen LogP contribution in [-0.4, -0.2) is 44.2 Å². The van der Waals surface area contributed by atoms with Crippen molar-refractivity contribution in [3.05, 3.63) is 29.8 Å². The molecule has 1 saturated heterocycles. The second-order valence-corrected chi connectivity index (χ2v) is 7.80. The summed E-state index contributed by atoms with van der Waals surface area (Å²) < 4.78 is 46.5. The first kappa shape index (κ1) is 16.4. The van der Waals surface area contributed by atoms with Crippen LogP contribution in [0.1, 0.15) is 25.8 Å². The molecular weight excluding hydrogens is 293 g/mol. The fourth-order valence-electron chi connectivity index (χ4n) is 2.34. The molecule has 1 aromatic carbocycles. The summed E-state index contributed by atoms with van der Waals surface area (Å²) in [5, 5.41) is 0. The van der Waals surface area contributed by atoms with E-state index in [2.05, 4.69) is 0 Å². The number of rotatable bonds is 3. The maximum Gasteiger partial charge on any atom is 0.243 e. The Hall–Kier alpha value is -0.980. The Kier molecular flexibility index (Phi) is 4.70. The molecule has 1 heterocycles. The Morgan fingerprint density at radius 2 is 2.00 bits per heavy atom. The van der Waals surface area contributed by atoms with Crippen molar-refractivity contribution in [2.75, 3.05) is 19.7 Å². The highest BCUT2D eigenvalue weighted by molar-refractivity contribution is 7.89. The highest BCUT2D eigenvalue weighted by Gasteiger charge is 2.38. The van der Waals surface area contributed by atoms with E-state index in [-0.39, 0.29) is 30.7 Å². The molecule has 2 unspecified atom stereocenters. The molecule has 0 aromatic heterocycles. The number of aryl methyl sites for hydroxylation is 1. The number of ether oxygens (including phenoxy) is 1. The van der Waals surface area contributed by atoms with Gasteiger partial charge in [-0.3, -0.25) is 0 Å². The van der Waals surface area contributed by atoms with Crippen molar-refractivity contribution in [2.45, 2.75) is 43.9 Å². The summed E-state index contributed by atoms with van der Waals surface area (Å²) in [6, 6.07) is 6.61. The number of sulfonamides is 1. The van der Waals surface area contributed by atoms with E-state index in [0.29, 0.717) is 6.42 Å². The molecule has 6 heteroatoms. The molecule has 0 spiro atoms. The zero-order chi connectivity index (χ0) is 15.7. The lowest BCUT2D eigenvalue weighted by molar-refractivity contribution is 0.00326. The van der Waals surface area contributed by atoms with E-state index in [9.17, 15) is 12.8 Å². The quantitative estimate of drug-likeness (QED) is 0.861. The van der Waals surface area contributed by atoms with Gasteiger partial charge in [0, 0.05) is 6.54 Å². The Morgan fingerprint density at radius 1 is 1.38 bits per heavy atom. The van der Waals surface area contributed by atoms with Gasteiger partial charge >= 0.3 is 0 Å². The Labute approximate surface area is 126 Å². The lowest BCUT2D eigenvalue weighted by Gasteiger charge is -2.25. The molecule has 1 fully saturated rings. The number of hydrogen-bond acceptors (Lipinski definition) is 3. The monoisotopic (exact) mass is 315 g/mol. The summed E-state index contributed by atoms with van der Waals surface area (Å²) in [5.41, 5.74) is -0.697. The first-order valence-corrected chi connectivity index (χ1v) is 8.56. The predicted octanol–water partition coefficient (Wildman–Crippen LogP) is 2.52. The van der Waals surface area contributed by atoms with E-state index in [1.54, 1.807) is 24.3 Å². The van der Waals surface area contributed by atoms with Gasteiger partial charge in [-0.15, -0.1) is 0 Å². The minimum absolute atomic E-state index is 0.0780. The van der Waals surface area contributed by atoms with Crippen LogP contribution in [0.3, 0.4) is 0 Å². The lowest BCUT2D eigenvalue weighted by atomic mass is 10.1. The molecule has 0 saturated carbocycles. The van der Waals surface area contributed by atoms with Crippen LogP contribution in [0.15, 0.2) is 29.2 Å². The molecule has 1 aliphatic heterocycles. The van der Waals surface area contributed by atoms with Crippen molar-refractivity contribution in [3.8, 4) is 0 Å². The molecule has 1 aromatic rings. The van der Waals surface area contributed by atoms with Crippen LogP contribution in [-0.2, 0) is 14.8 Å². The van der Waals surface area contributed by atoms with Gasteiger partial charge in [-0.05, 0) is 32.4 Å². The van der Waals surface area contributed by atoms with Gasteiger partial charge in [-0.25, -0.2) is 12.8 Å². The van der Waals surface area contributed by atoms with Crippen molar-refractivity contribution >= 4 is 10.0 Å². The molecule has 118 valence electrons. The summed E-state index contributed by atoms with van der Waals surface area (Å²) in [6.07, 6.45) is 0.374.